The summed E-state index contributed by atoms with van der Waals surface area (Å²) in [5, 5.41) is 8.34. The summed E-state index contributed by atoms with van der Waals surface area (Å²) in [6, 6.07) is 2.92. The molecule has 1 aromatic heterocycles. The van der Waals surface area contributed by atoms with Gasteiger partial charge in [-0.3, -0.25) is 9.59 Å². The van der Waals surface area contributed by atoms with Crippen LogP contribution in [0.5, 0.6) is 0 Å². The quantitative estimate of drug-likeness (QED) is 0.410. The monoisotopic (exact) mass is 376 g/mol. The van der Waals surface area contributed by atoms with E-state index in [4.69, 9.17) is 4.42 Å². The molecule has 7 nitrogen and oxygen atoms in total. The molecular weight excluding hydrogens is 344 g/mol. The highest BCUT2D eigenvalue weighted by atomic mass is 16.4. The fraction of sp³-hybridized carbons (Fsp3) is 0.600. The number of carbonyl (C=O) groups excluding carboxylic acids is 2. The molecule has 1 rings (SSSR count). The lowest BCUT2D eigenvalue weighted by Crippen LogP contribution is -2.20. The van der Waals surface area contributed by atoms with Crippen molar-refractivity contribution in [1.29, 1.82) is 0 Å². The van der Waals surface area contributed by atoms with Crippen LogP contribution in [0.3, 0.4) is 0 Å². The van der Waals surface area contributed by atoms with E-state index in [1.165, 1.54) is 12.1 Å². The van der Waals surface area contributed by atoms with Crippen LogP contribution in [0.4, 0.5) is 0 Å². The molecule has 0 fully saturated rings. The van der Waals surface area contributed by atoms with Crippen LogP contribution in [0.25, 0.3) is 0 Å². The van der Waals surface area contributed by atoms with Gasteiger partial charge in [0.05, 0.1) is 0 Å². The average Bonchev–Trinajstić information content (AvgIpc) is 3.15. The van der Waals surface area contributed by atoms with E-state index in [0.717, 1.165) is 62.8 Å². The van der Waals surface area contributed by atoms with Gasteiger partial charge >= 0.3 is 11.8 Å². The minimum atomic E-state index is -0.472. The Hall–Kier alpha value is -2.44. The molecule has 0 saturated carbocycles. The lowest BCUT2D eigenvalue weighted by atomic mass is 10.1. The van der Waals surface area contributed by atoms with Gasteiger partial charge in [0, 0.05) is 11.4 Å². The number of nitrogens with zero attached hydrogens (tertiary/aromatic N) is 2. The van der Waals surface area contributed by atoms with Crippen molar-refractivity contribution in [3.63, 3.8) is 0 Å². The minimum Gasteiger partial charge on any atom is -0.446 e. The van der Waals surface area contributed by atoms with Crippen molar-refractivity contribution in [3.8, 4) is 0 Å². The highest BCUT2D eigenvalue weighted by molar-refractivity contribution is 5.97. The summed E-state index contributed by atoms with van der Waals surface area (Å²) in [7, 11) is 0. The van der Waals surface area contributed by atoms with Crippen LogP contribution in [0, 0.1) is 0 Å². The van der Waals surface area contributed by atoms with Gasteiger partial charge in [0.15, 0.2) is 11.5 Å². The van der Waals surface area contributed by atoms with Crippen molar-refractivity contribution in [3.05, 3.63) is 23.7 Å². The van der Waals surface area contributed by atoms with Gasteiger partial charge < -0.3 is 4.42 Å². The predicted molar refractivity (Wildman–Crippen MR) is 108 cm³/mol. The smallest absolute Gasteiger partial charge is 0.307 e. The van der Waals surface area contributed by atoms with Crippen molar-refractivity contribution in [2.24, 2.45) is 10.2 Å². The first-order valence-corrected chi connectivity index (χ1v) is 9.86. The van der Waals surface area contributed by atoms with Gasteiger partial charge in [-0.05, 0) is 37.8 Å². The topological polar surface area (TPSA) is 96.1 Å². The first-order chi connectivity index (χ1) is 13.0. The molecule has 1 heterocycles. The van der Waals surface area contributed by atoms with E-state index < -0.39 is 11.8 Å². The normalized spacial score (nSPS) is 10.2. The van der Waals surface area contributed by atoms with Gasteiger partial charge in [-0.25, -0.2) is 10.9 Å². The summed E-state index contributed by atoms with van der Waals surface area (Å²) in [4.78, 5) is 24.3. The van der Waals surface area contributed by atoms with Crippen LogP contribution in [0.1, 0.15) is 100 Å². The Morgan fingerprint density at radius 3 is 1.37 bits per heavy atom. The number of hydrogen-bond donors (Lipinski definition) is 2. The van der Waals surface area contributed by atoms with Crippen molar-refractivity contribution < 1.29 is 14.0 Å². The molecule has 0 bridgehead atoms. The second-order valence-electron chi connectivity index (χ2n) is 6.40. The van der Waals surface area contributed by atoms with Crippen molar-refractivity contribution in [1.82, 2.24) is 10.9 Å². The Morgan fingerprint density at radius 1 is 0.741 bits per heavy atom. The third kappa shape index (κ3) is 8.19. The maximum absolute atomic E-state index is 12.2. The van der Waals surface area contributed by atoms with E-state index in [-0.39, 0.29) is 11.5 Å². The molecule has 0 aliphatic heterocycles. The molecule has 0 aliphatic carbocycles. The van der Waals surface area contributed by atoms with E-state index in [0.29, 0.717) is 0 Å². The summed E-state index contributed by atoms with van der Waals surface area (Å²) in [6.07, 6.45) is 7.25. The van der Waals surface area contributed by atoms with Gasteiger partial charge in [-0.1, -0.05) is 53.4 Å². The summed E-state index contributed by atoms with van der Waals surface area (Å²) in [6.45, 7) is 8.28. The SMILES string of the molecule is CCCC(CCC)=NNC(=O)c1ccc(C(=O)NN=C(CCC)CCC)o1. The van der Waals surface area contributed by atoms with Crippen LogP contribution in [-0.4, -0.2) is 23.2 Å². The second kappa shape index (κ2) is 12.8. The Bertz CT molecular complexity index is 591. The number of nitrogens with one attached hydrogen (secondary N) is 2. The van der Waals surface area contributed by atoms with E-state index >= 15 is 0 Å². The van der Waals surface area contributed by atoms with Gasteiger partial charge in [-0.2, -0.15) is 10.2 Å². The Kier molecular flexibility index (Phi) is 10.7. The average molecular weight is 377 g/mol. The molecule has 150 valence electrons. The van der Waals surface area contributed by atoms with Gasteiger partial charge in [0.1, 0.15) is 0 Å². The molecule has 0 aliphatic rings. The molecule has 0 unspecified atom stereocenters. The molecule has 0 atom stereocenters. The number of amides is 2. The number of furan rings is 1. The van der Waals surface area contributed by atoms with Gasteiger partial charge in [-0.15, -0.1) is 0 Å². The summed E-state index contributed by atoms with van der Waals surface area (Å²) >= 11 is 0. The highest BCUT2D eigenvalue weighted by Gasteiger charge is 2.15. The molecule has 27 heavy (non-hydrogen) atoms. The third-order valence-electron chi connectivity index (χ3n) is 3.84. The van der Waals surface area contributed by atoms with Crippen LogP contribution in [0.2, 0.25) is 0 Å². The number of hydrazone groups is 2. The Labute approximate surface area is 161 Å². The highest BCUT2D eigenvalue weighted by Crippen LogP contribution is 2.09. The summed E-state index contributed by atoms with van der Waals surface area (Å²) in [5.74, 6) is -0.857. The molecule has 0 aromatic carbocycles. The number of carbonyl (C=O) groups is 2. The van der Waals surface area contributed by atoms with Crippen LogP contribution in [0.15, 0.2) is 26.8 Å². The zero-order valence-corrected chi connectivity index (χ0v) is 16.9. The maximum atomic E-state index is 12.2. The lowest BCUT2D eigenvalue weighted by Gasteiger charge is -2.04. The van der Waals surface area contributed by atoms with E-state index in [2.05, 4.69) is 48.7 Å². The van der Waals surface area contributed by atoms with E-state index in [1.807, 2.05) is 0 Å². The number of hydrogen-bond acceptors (Lipinski definition) is 5. The van der Waals surface area contributed by atoms with Crippen molar-refractivity contribution in [2.45, 2.75) is 79.1 Å². The first-order valence-electron chi connectivity index (χ1n) is 9.86. The van der Waals surface area contributed by atoms with E-state index in [1.54, 1.807) is 0 Å². The van der Waals surface area contributed by atoms with Crippen molar-refractivity contribution >= 4 is 23.2 Å². The standard InChI is InChI=1S/C20H32N4O3/c1-5-9-15(10-6-2)21-23-19(25)17-13-14-18(27-17)20(26)24-22-16(11-7-3)12-8-4/h13-14H,5-12H2,1-4H3,(H,23,25)(H,24,26). The van der Waals surface area contributed by atoms with Crippen LogP contribution >= 0.6 is 0 Å². The van der Waals surface area contributed by atoms with Gasteiger partial charge in [0.25, 0.3) is 0 Å². The molecule has 7 heteroatoms. The van der Waals surface area contributed by atoms with Gasteiger partial charge in [0.2, 0.25) is 0 Å². The zero-order chi connectivity index (χ0) is 20.1. The third-order valence-corrected chi connectivity index (χ3v) is 3.84. The molecule has 1 aromatic rings. The maximum Gasteiger partial charge on any atom is 0.307 e. The van der Waals surface area contributed by atoms with E-state index in [9.17, 15) is 9.59 Å². The first kappa shape index (κ1) is 22.6. The molecule has 2 N–H and O–H groups in total. The Morgan fingerprint density at radius 2 is 1.07 bits per heavy atom. The number of rotatable bonds is 12. The lowest BCUT2D eigenvalue weighted by molar-refractivity contribution is 0.0902. The van der Waals surface area contributed by atoms with Crippen molar-refractivity contribution in [2.75, 3.05) is 0 Å². The fourth-order valence-corrected chi connectivity index (χ4v) is 2.58. The zero-order valence-electron chi connectivity index (χ0n) is 16.9. The molecule has 0 radical (unpaired) electrons. The van der Waals surface area contributed by atoms with Crippen LogP contribution in [-0.2, 0) is 0 Å². The largest absolute Gasteiger partial charge is 0.446 e. The summed E-state index contributed by atoms with van der Waals surface area (Å²) in [5.41, 5.74) is 6.90. The fourth-order valence-electron chi connectivity index (χ4n) is 2.58. The predicted octanol–water partition coefficient (Wildman–Crippen LogP) is 4.65. The summed E-state index contributed by atoms with van der Waals surface area (Å²) < 4.78 is 5.35. The second-order valence-corrected chi connectivity index (χ2v) is 6.40. The molecule has 0 saturated heterocycles. The Balaban J connectivity index is 2.70. The molecule has 0 spiro atoms. The molecular formula is C20H32N4O3. The molecule has 2 amide bonds. The minimum absolute atomic E-state index is 0.0440. The van der Waals surface area contributed by atoms with Crippen LogP contribution < -0.4 is 10.9 Å².